The van der Waals surface area contributed by atoms with E-state index in [9.17, 15) is 9.00 Å². The second-order valence-electron chi connectivity index (χ2n) is 3.36. The molecule has 6 nitrogen and oxygen atoms in total. The van der Waals surface area contributed by atoms with Crippen molar-refractivity contribution in [1.82, 2.24) is 14.8 Å². The third kappa shape index (κ3) is 4.47. The summed E-state index contributed by atoms with van der Waals surface area (Å²) in [5.74, 6) is 0.382. The Morgan fingerprint density at radius 3 is 2.76 bits per heavy atom. The Labute approximate surface area is 106 Å². The van der Waals surface area contributed by atoms with Gasteiger partial charge in [0.1, 0.15) is 5.82 Å². The molecule has 17 heavy (non-hydrogen) atoms. The summed E-state index contributed by atoms with van der Waals surface area (Å²) in [6.07, 6.45) is 2.36. The lowest BCUT2D eigenvalue weighted by Crippen LogP contribution is -2.11. The molecule has 0 radical (unpaired) electrons. The quantitative estimate of drug-likeness (QED) is 0.726. The van der Waals surface area contributed by atoms with Gasteiger partial charge >= 0.3 is 5.97 Å². The smallest absolute Gasteiger partial charge is 0.313 e. The lowest BCUT2D eigenvalue weighted by Gasteiger charge is -2.07. The van der Waals surface area contributed by atoms with Crippen molar-refractivity contribution in [3.63, 3.8) is 0 Å². The van der Waals surface area contributed by atoms with E-state index in [1.165, 1.54) is 0 Å². The number of carboxylic acids is 1. The van der Waals surface area contributed by atoms with Crippen LogP contribution in [0.1, 0.15) is 12.7 Å². The average Bonchev–Trinajstić information content (AvgIpc) is 2.65. The fraction of sp³-hybridized carbons (Fsp3) is 0.667. The minimum absolute atomic E-state index is 0.0446. The van der Waals surface area contributed by atoms with E-state index in [0.29, 0.717) is 17.5 Å². The molecule has 0 spiro atoms. The molecule has 1 rings (SSSR count). The van der Waals surface area contributed by atoms with Crippen molar-refractivity contribution in [2.24, 2.45) is 0 Å². The number of nitrogens with zero attached hydrogens (tertiary/aromatic N) is 3. The summed E-state index contributed by atoms with van der Waals surface area (Å²) in [7, 11) is -0.883. The maximum absolute atomic E-state index is 11.1. The van der Waals surface area contributed by atoms with E-state index >= 15 is 0 Å². The van der Waals surface area contributed by atoms with E-state index < -0.39 is 16.8 Å². The fourth-order valence-electron chi connectivity index (χ4n) is 1.26. The Morgan fingerprint density at radius 1 is 1.53 bits per heavy atom. The third-order valence-electron chi connectivity index (χ3n) is 2.04. The molecule has 0 aliphatic heterocycles. The fourth-order valence-corrected chi connectivity index (χ4v) is 2.40. The van der Waals surface area contributed by atoms with Crippen molar-refractivity contribution in [2.45, 2.75) is 25.0 Å². The molecular weight excluding hydrogens is 262 g/mol. The van der Waals surface area contributed by atoms with Gasteiger partial charge in [-0.2, -0.15) is 0 Å². The summed E-state index contributed by atoms with van der Waals surface area (Å²) < 4.78 is 12.9. The van der Waals surface area contributed by atoms with Crippen molar-refractivity contribution >= 4 is 28.5 Å². The van der Waals surface area contributed by atoms with Gasteiger partial charge in [0.25, 0.3) is 0 Å². The molecular formula is C9H15N3O3S2. The normalized spacial score (nSPS) is 12.6. The van der Waals surface area contributed by atoms with Gasteiger partial charge in [0, 0.05) is 35.8 Å². The van der Waals surface area contributed by atoms with Crippen LogP contribution in [0.25, 0.3) is 0 Å². The van der Waals surface area contributed by atoms with Crippen LogP contribution in [0.4, 0.5) is 0 Å². The minimum Gasteiger partial charge on any atom is -0.481 e. The van der Waals surface area contributed by atoms with Crippen LogP contribution in [0, 0.1) is 0 Å². The van der Waals surface area contributed by atoms with Crippen LogP contribution in [-0.2, 0) is 28.6 Å². The first kappa shape index (κ1) is 14.2. The van der Waals surface area contributed by atoms with Crippen molar-refractivity contribution in [3.05, 3.63) is 5.82 Å². The monoisotopic (exact) mass is 277 g/mol. The van der Waals surface area contributed by atoms with E-state index in [2.05, 4.69) is 10.2 Å². The molecule has 1 unspecified atom stereocenters. The SMILES string of the molecule is CCc1nnc(SCC(=O)O)n1CCS(C)=O. The van der Waals surface area contributed by atoms with Crippen LogP contribution in [0.15, 0.2) is 5.16 Å². The zero-order valence-corrected chi connectivity index (χ0v) is 11.4. The Hall–Kier alpha value is -0.890. The zero-order valence-electron chi connectivity index (χ0n) is 9.75. The van der Waals surface area contributed by atoms with E-state index in [1.807, 2.05) is 11.5 Å². The molecule has 1 aromatic heterocycles. The Balaban J connectivity index is 2.77. The van der Waals surface area contributed by atoms with Crippen molar-refractivity contribution < 1.29 is 14.1 Å². The lowest BCUT2D eigenvalue weighted by atomic mass is 10.4. The molecule has 0 bridgehead atoms. The summed E-state index contributed by atoms with van der Waals surface area (Å²) in [4.78, 5) is 10.5. The largest absolute Gasteiger partial charge is 0.481 e. The van der Waals surface area contributed by atoms with Crippen LogP contribution < -0.4 is 0 Å². The van der Waals surface area contributed by atoms with Crippen LogP contribution in [0.5, 0.6) is 0 Å². The maximum Gasteiger partial charge on any atom is 0.313 e. The second-order valence-corrected chi connectivity index (χ2v) is 5.86. The first-order chi connectivity index (χ1) is 8.04. The van der Waals surface area contributed by atoms with Gasteiger partial charge in [0.2, 0.25) is 0 Å². The van der Waals surface area contributed by atoms with E-state index in [1.54, 1.807) is 6.26 Å². The van der Waals surface area contributed by atoms with Gasteiger partial charge in [0.15, 0.2) is 5.16 Å². The molecule has 0 fully saturated rings. The summed E-state index contributed by atoms with van der Waals surface area (Å²) in [6, 6.07) is 0. The second kappa shape index (κ2) is 6.75. The highest BCUT2D eigenvalue weighted by Crippen LogP contribution is 2.17. The van der Waals surface area contributed by atoms with Gasteiger partial charge in [-0.1, -0.05) is 18.7 Å². The number of carbonyl (C=O) groups is 1. The lowest BCUT2D eigenvalue weighted by molar-refractivity contribution is -0.133. The molecule has 0 aliphatic rings. The van der Waals surface area contributed by atoms with Gasteiger partial charge < -0.3 is 9.67 Å². The predicted octanol–water partition coefficient (Wildman–Crippen LogP) is 0.396. The molecule has 1 heterocycles. The predicted molar refractivity (Wildman–Crippen MR) is 66.7 cm³/mol. The first-order valence-electron chi connectivity index (χ1n) is 5.11. The van der Waals surface area contributed by atoms with Gasteiger partial charge in [-0.25, -0.2) is 0 Å². The topological polar surface area (TPSA) is 85.1 Å². The van der Waals surface area contributed by atoms with E-state index in [4.69, 9.17) is 5.11 Å². The maximum atomic E-state index is 11.1. The highest BCUT2D eigenvalue weighted by Gasteiger charge is 2.12. The molecule has 0 aromatic carbocycles. The molecule has 8 heteroatoms. The highest BCUT2D eigenvalue weighted by molar-refractivity contribution is 7.99. The number of rotatable bonds is 7. The van der Waals surface area contributed by atoms with Gasteiger partial charge in [-0.3, -0.25) is 9.00 Å². The van der Waals surface area contributed by atoms with Crippen LogP contribution >= 0.6 is 11.8 Å². The molecule has 0 amide bonds. The van der Waals surface area contributed by atoms with Crippen LogP contribution in [0.2, 0.25) is 0 Å². The molecule has 0 aliphatic carbocycles. The van der Waals surface area contributed by atoms with E-state index in [0.717, 1.165) is 24.0 Å². The molecule has 1 N–H and O–H groups in total. The molecule has 1 aromatic rings. The van der Waals surface area contributed by atoms with Crippen LogP contribution in [-0.4, -0.2) is 47.8 Å². The Bertz CT molecular complexity index is 420. The molecule has 0 saturated carbocycles. The van der Waals surface area contributed by atoms with Crippen molar-refractivity contribution in [3.8, 4) is 0 Å². The number of hydrogen-bond donors (Lipinski definition) is 1. The number of aliphatic carboxylic acids is 1. The standard InChI is InChI=1S/C9H15N3O3S2/c1-3-7-10-11-9(16-6-8(13)14)12(7)4-5-17(2)15/h3-6H2,1-2H3,(H,13,14). The molecule has 1 atom stereocenters. The van der Waals surface area contributed by atoms with E-state index in [-0.39, 0.29) is 5.75 Å². The number of thioether (sulfide) groups is 1. The van der Waals surface area contributed by atoms with Crippen molar-refractivity contribution in [1.29, 1.82) is 0 Å². The summed E-state index contributed by atoms with van der Waals surface area (Å²) >= 11 is 1.13. The third-order valence-corrected chi connectivity index (χ3v) is 3.75. The molecule has 96 valence electrons. The van der Waals surface area contributed by atoms with Gasteiger partial charge in [0.05, 0.1) is 5.75 Å². The first-order valence-corrected chi connectivity index (χ1v) is 7.82. The number of aryl methyl sites for hydroxylation is 1. The Morgan fingerprint density at radius 2 is 2.24 bits per heavy atom. The van der Waals surface area contributed by atoms with Crippen molar-refractivity contribution in [2.75, 3.05) is 17.8 Å². The number of aromatic nitrogens is 3. The summed E-state index contributed by atoms with van der Waals surface area (Å²) in [5.41, 5.74) is 0. The zero-order chi connectivity index (χ0) is 12.8. The van der Waals surface area contributed by atoms with Crippen LogP contribution in [0.3, 0.4) is 0 Å². The summed E-state index contributed by atoms with van der Waals surface area (Å²) in [6.45, 7) is 2.51. The molecule has 0 saturated heterocycles. The average molecular weight is 277 g/mol. The summed E-state index contributed by atoms with van der Waals surface area (Å²) in [5, 5.41) is 17.1. The Kier molecular flexibility index (Phi) is 5.63. The van der Waals surface area contributed by atoms with Gasteiger partial charge in [-0.15, -0.1) is 10.2 Å². The minimum atomic E-state index is -0.887. The van der Waals surface area contributed by atoms with Gasteiger partial charge in [-0.05, 0) is 0 Å². The highest BCUT2D eigenvalue weighted by atomic mass is 32.2. The number of carboxylic acid groups (broad SMARTS) is 1. The number of hydrogen-bond acceptors (Lipinski definition) is 5.